The Kier molecular flexibility index (Phi) is 2.69. The van der Waals surface area contributed by atoms with Crippen LogP contribution in [-0.2, 0) is 9.53 Å². The molecule has 0 aliphatic carbocycles. The van der Waals surface area contributed by atoms with E-state index in [9.17, 15) is 4.79 Å². The molecule has 4 rings (SSSR count). The molecule has 1 aromatic carbocycles. The van der Waals surface area contributed by atoms with Crippen LogP contribution in [0.2, 0.25) is 0 Å². The van der Waals surface area contributed by atoms with Crippen LogP contribution in [0.25, 0.3) is 0 Å². The molecule has 4 atom stereocenters. The largest absolute Gasteiger partial charge is 0.342 e. The van der Waals surface area contributed by atoms with Crippen molar-refractivity contribution in [3.05, 3.63) is 59.9 Å². The number of rotatable bonds is 1. The summed E-state index contributed by atoms with van der Waals surface area (Å²) in [6.45, 7) is 4.02. The summed E-state index contributed by atoms with van der Waals surface area (Å²) in [5, 5.41) is 0. The molecule has 1 fully saturated rings. The molecule has 0 N–H and O–H groups in total. The molecule has 0 bridgehead atoms. The Labute approximate surface area is 123 Å². The van der Waals surface area contributed by atoms with Gasteiger partial charge in [0.1, 0.15) is 12.1 Å². The fourth-order valence-corrected chi connectivity index (χ4v) is 3.51. The van der Waals surface area contributed by atoms with Gasteiger partial charge in [-0.05, 0) is 31.5 Å². The van der Waals surface area contributed by atoms with Gasteiger partial charge in [0.05, 0.1) is 11.7 Å². The Morgan fingerprint density at radius 1 is 1.05 bits per heavy atom. The first-order chi connectivity index (χ1) is 10.2. The quantitative estimate of drug-likeness (QED) is 0.805. The van der Waals surface area contributed by atoms with Crippen LogP contribution in [0, 0.1) is 0 Å². The van der Waals surface area contributed by atoms with Crippen molar-refractivity contribution in [3.63, 3.8) is 0 Å². The lowest BCUT2D eigenvalue weighted by molar-refractivity contribution is -0.145. The molecular formula is C17H18N2O2. The zero-order valence-electron chi connectivity index (χ0n) is 12.1. The fourth-order valence-electron chi connectivity index (χ4n) is 3.51. The third-order valence-electron chi connectivity index (χ3n) is 4.63. The lowest BCUT2D eigenvalue weighted by Crippen LogP contribution is -2.45. The predicted octanol–water partition coefficient (Wildman–Crippen LogP) is 3.05. The number of carbonyl (C=O) groups is 1. The van der Waals surface area contributed by atoms with Crippen molar-refractivity contribution in [3.8, 4) is 0 Å². The molecule has 0 unspecified atom stereocenters. The molecule has 2 aromatic rings. The van der Waals surface area contributed by atoms with E-state index >= 15 is 0 Å². The van der Waals surface area contributed by atoms with E-state index in [1.807, 2.05) is 52.9 Å². The number of fused-ring (bicyclic) bond motifs is 3. The molecule has 2 aliphatic heterocycles. The minimum absolute atomic E-state index is 0.0380. The van der Waals surface area contributed by atoms with Gasteiger partial charge in [-0.3, -0.25) is 4.79 Å². The number of hydrogen-bond acceptors (Lipinski definition) is 2. The smallest absolute Gasteiger partial charge is 0.248 e. The number of amides is 1. The van der Waals surface area contributed by atoms with E-state index in [4.69, 9.17) is 4.74 Å². The number of nitrogens with zero attached hydrogens (tertiary/aromatic N) is 2. The van der Waals surface area contributed by atoms with Gasteiger partial charge in [0, 0.05) is 6.20 Å². The van der Waals surface area contributed by atoms with Crippen molar-refractivity contribution >= 4 is 5.91 Å². The first-order valence-corrected chi connectivity index (χ1v) is 7.38. The maximum atomic E-state index is 12.7. The van der Waals surface area contributed by atoms with Gasteiger partial charge < -0.3 is 14.2 Å². The minimum atomic E-state index is -0.274. The molecule has 21 heavy (non-hydrogen) atoms. The summed E-state index contributed by atoms with van der Waals surface area (Å²) in [4.78, 5) is 14.6. The van der Waals surface area contributed by atoms with E-state index < -0.39 is 0 Å². The molecule has 4 heteroatoms. The van der Waals surface area contributed by atoms with E-state index in [0.29, 0.717) is 0 Å². The molecule has 1 aromatic heterocycles. The third kappa shape index (κ3) is 1.69. The van der Waals surface area contributed by atoms with Gasteiger partial charge in [0.15, 0.2) is 6.23 Å². The topological polar surface area (TPSA) is 34.5 Å². The second-order valence-corrected chi connectivity index (χ2v) is 5.82. The SMILES string of the molecule is C[C@@H]1C(=O)N2[C@H](O[C@H](c3ccccc3)[C@@H]2C)c2cccn21. The van der Waals surface area contributed by atoms with E-state index in [-0.39, 0.29) is 30.3 Å². The first-order valence-electron chi connectivity index (χ1n) is 7.38. The van der Waals surface area contributed by atoms with Gasteiger partial charge in [-0.1, -0.05) is 30.3 Å². The fraction of sp³-hybridized carbons (Fsp3) is 0.353. The van der Waals surface area contributed by atoms with Crippen molar-refractivity contribution in [1.29, 1.82) is 0 Å². The average molecular weight is 282 g/mol. The van der Waals surface area contributed by atoms with Crippen molar-refractivity contribution in [2.45, 2.75) is 38.3 Å². The molecular weight excluding hydrogens is 264 g/mol. The summed E-state index contributed by atoms with van der Waals surface area (Å²) >= 11 is 0. The van der Waals surface area contributed by atoms with Crippen LogP contribution in [0.3, 0.4) is 0 Å². The summed E-state index contributed by atoms with van der Waals surface area (Å²) in [5.74, 6) is 0.134. The maximum absolute atomic E-state index is 12.7. The Morgan fingerprint density at radius 2 is 1.81 bits per heavy atom. The van der Waals surface area contributed by atoms with Crippen LogP contribution in [0.1, 0.15) is 43.5 Å². The van der Waals surface area contributed by atoms with Crippen LogP contribution in [0.5, 0.6) is 0 Å². The Balaban J connectivity index is 1.77. The summed E-state index contributed by atoms with van der Waals surface area (Å²) in [6, 6.07) is 14.0. The number of aromatic nitrogens is 1. The summed E-state index contributed by atoms with van der Waals surface area (Å²) < 4.78 is 8.27. The van der Waals surface area contributed by atoms with Gasteiger partial charge in [-0.25, -0.2) is 0 Å². The van der Waals surface area contributed by atoms with Gasteiger partial charge in [-0.15, -0.1) is 0 Å². The Morgan fingerprint density at radius 3 is 2.57 bits per heavy atom. The van der Waals surface area contributed by atoms with Gasteiger partial charge in [-0.2, -0.15) is 0 Å². The number of ether oxygens (including phenoxy) is 1. The molecule has 0 spiro atoms. The van der Waals surface area contributed by atoms with Gasteiger partial charge in [0.25, 0.3) is 0 Å². The monoisotopic (exact) mass is 282 g/mol. The van der Waals surface area contributed by atoms with Crippen molar-refractivity contribution < 1.29 is 9.53 Å². The second kappa shape index (κ2) is 4.46. The lowest BCUT2D eigenvalue weighted by atomic mass is 10.0. The number of hydrogen-bond donors (Lipinski definition) is 0. The molecule has 1 amide bonds. The van der Waals surface area contributed by atoms with Crippen LogP contribution in [0.15, 0.2) is 48.7 Å². The molecule has 108 valence electrons. The summed E-state index contributed by atoms with van der Waals surface area (Å²) in [6.07, 6.45) is 1.61. The van der Waals surface area contributed by atoms with Crippen LogP contribution in [-0.4, -0.2) is 21.4 Å². The number of carbonyl (C=O) groups excluding carboxylic acids is 1. The van der Waals surface area contributed by atoms with E-state index in [1.165, 1.54) is 0 Å². The Bertz CT molecular complexity index is 679. The van der Waals surface area contributed by atoms with Gasteiger partial charge >= 0.3 is 0 Å². The normalized spacial score (nSPS) is 31.1. The Hall–Kier alpha value is -2.07. The number of benzene rings is 1. The average Bonchev–Trinajstić information content (AvgIpc) is 3.10. The van der Waals surface area contributed by atoms with Crippen LogP contribution < -0.4 is 0 Å². The zero-order chi connectivity index (χ0) is 14.6. The van der Waals surface area contributed by atoms with Crippen molar-refractivity contribution in [2.75, 3.05) is 0 Å². The van der Waals surface area contributed by atoms with Crippen molar-refractivity contribution in [1.82, 2.24) is 9.47 Å². The summed E-state index contributed by atoms with van der Waals surface area (Å²) in [7, 11) is 0. The third-order valence-corrected chi connectivity index (χ3v) is 4.63. The van der Waals surface area contributed by atoms with E-state index in [1.54, 1.807) is 0 Å². The maximum Gasteiger partial charge on any atom is 0.248 e. The standard InChI is InChI=1S/C17H18N2O2/c1-11-15(13-7-4-3-5-8-13)21-17-14-9-6-10-18(14)12(2)16(20)19(11)17/h3-12,15,17H,1-2H3/t11-,12+,15-,17+/m0/s1. The summed E-state index contributed by atoms with van der Waals surface area (Å²) in [5.41, 5.74) is 2.19. The first kappa shape index (κ1) is 12.7. The molecule has 4 nitrogen and oxygen atoms in total. The van der Waals surface area contributed by atoms with E-state index in [0.717, 1.165) is 11.3 Å². The molecule has 3 heterocycles. The second-order valence-electron chi connectivity index (χ2n) is 5.82. The van der Waals surface area contributed by atoms with E-state index in [2.05, 4.69) is 19.1 Å². The minimum Gasteiger partial charge on any atom is -0.342 e. The highest BCUT2D eigenvalue weighted by molar-refractivity contribution is 5.82. The predicted molar refractivity (Wildman–Crippen MR) is 78.5 cm³/mol. The molecule has 0 saturated carbocycles. The lowest BCUT2D eigenvalue weighted by Gasteiger charge is -2.35. The highest BCUT2D eigenvalue weighted by Crippen LogP contribution is 2.46. The van der Waals surface area contributed by atoms with Crippen molar-refractivity contribution in [2.24, 2.45) is 0 Å². The molecule has 1 saturated heterocycles. The molecule has 2 aliphatic rings. The van der Waals surface area contributed by atoms with Crippen LogP contribution in [0.4, 0.5) is 0 Å². The van der Waals surface area contributed by atoms with Gasteiger partial charge in [0.2, 0.25) is 5.91 Å². The highest BCUT2D eigenvalue weighted by atomic mass is 16.5. The molecule has 0 radical (unpaired) electrons. The zero-order valence-corrected chi connectivity index (χ0v) is 12.1. The van der Waals surface area contributed by atoms with Crippen LogP contribution >= 0.6 is 0 Å². The highest BCUT2D eigenvalue weighted by Gasteiger charge is 2.49.